The van der Waals surface area contributed by atoms with Crippen LogP contribution in [0.4, 0.5) is 5.82 Å². The lowest BCUT2D eigenvalue weighted by atomic mass is 10.1. The molecule has 0 saturated carbocycles. The van der Waals surface area contributed by atoms with E-state index in [4.69, 9.17) is 5.73 Å². The van der Waals surface area contributed by atoms with Crippen molar-refractivity contribution >= 4 is 27.4 Å². The van der Waals surface area contributed by atoms with Gasteiger partial charge in [-0.1, -0.05) is 19.9 Å². The molecule has 0 radical (unpaired) electrons. The lowest BCUT2D eigenvalue weighted by Crippen LogP contribution is -2.04. The zero-order chi connectivity index (χ0) is 14.3. The molecule has 0 bridgehead atoms. The maximum absolute atomic E-state index is 5.96. The second kappa shape index (κ2) is 4.86. The molecule has 0 aliphatic heterocycles. The molecule has 0 fully saturated rings. The number of pyridine rings is 1. The molecule has 3 aromatic rings. The van der Waals surface area contributed by atoms with E-state index < -0.39 is 0 Å². The highest BCUT2D eigenvalue weighted by molar-refractivity contribution is 9.10. The van der Waals surface area contributed by atoms with Crippen LogP contribution in [0.1, 0.15) is 25.5 Å². The Kier molecular flexibility index (Phi) is 3.17. The quantitative estimate of drug-likeness (QED) is 0.782. The molecule has 0 spiro atoms. The van der Waals surface area contributed by atoms with Crippen molar-refractivity contribution in [1.29, 1.82) is 0 Å². The number of rotatable bonds is 2. The number of hydrogen-bond donors (Lipinski definition) is 1. The number of nitrogens with zero attached hydrogens (tertiary/aromatic N) is 4. The van der Waals surface area contributed by atoms with Gasteiger partial charge in [0, 0.05) is 12.4 Å². The van der Waals surface area contributed by atoms with Gasteiger partial charge < -0.3 is 10.1 Å². The van der Waals surface area contributed by atoms with Crippen molar-refractivity contribution < 1.29 is 0 Å². The highest BCUT2D eigenvalue weighted by Crippen LogP contribution is 2.29. The molecule has 20 heavy (non-hydrogen) atoms. The number of nitrogen functional groups attached to an aromatic ring is 1. The minimum Gasteiger partial charge on any atom is -0.383 e. The summed E-state index contributed by atoms with van der Waals surface area (Å²) >= 11 is 3.45. The van der Waals surface area contributed by atoms with E-state index in [1.165, 1.54) is 0 Å². The van der Waals surface area contributed by atoms with Gasteiger partial charge in [0.05, 0.1) is 10.2 Å². The summed E-state index contributed by atoms with van der Waals surface area (Å²) in [7, 11) is 0. The largest absolute Gasteiger partial charge is 0.383 e. The predicted octanol–water partition coefficient (Wildman–Crippen LogP) is 3.26. The summed E-state index contributed by atoms with van der Waals surface area (Å²) in [5, 5.41) is 0. The molecule has 0 aromatic carbocycles. The van der Waals surface area contributed by atoms with Crippen LogP contribution in [0.15, 0.2) is 35.1 Å². The fourth-order valence-corrected chi connectivity index (χ4v) is 2.66. The fourth-order valence-electron chi connectivity index (χ4n) is 2.02. The molecule has 5 nitrogen and oxygen atoms in total. The van der Waals surface area contributed by atoms with Crippen LogP contribution in [0.3, 0.4) is 0 Å². The van der Waals surface area contributed by atoms with Crippen LogP contribution in [0.25, 0.3) is 17.2 Å². The number of aromatic nitrogens is 4. The number of nitrogens with two attached hydrogens (primary N) is 1. The molecule has 0 atom stereocenters. The first-order valence-corrected chi connectivity index (χ1v) is 7.12. The Bertz CT molecular complexity index is 745. The number of halogens is 1. The molecule has 0 unspecified atom stereocenters. The monoisotopic (exact) mass is 331 g/mol. The smallest absolute Gasteiger partial charge is 0.182 e. The Morgan fingerprint density at radius 1 is 1.20 bits per heavy atom. The molecule has 0 saturated heterocycles. The van der Waals surface area contributed by atoms with Gasteiger partial charge in [0.25, 0.3) is 0 Å². The highest BCUT2D eigenvalue weighted by atomic mass is 79.9. The van der Waals surface area contributed by atoms with Crippen LogP contribution in [0.2, 0.25) is 0 Å². The predicted molar refractivity (Wildman–Crippen MR) is 82.4 cm³/mol. The van der Waals surface area contributed by atoms with Crippen LogP contribution in [0.5, 0.6) is 0 Å². The number of imidazole rings is 1. The van der Waals surface area contributed by atoms with Gasteiger partial charge in [-0.15, -0.1) is 0 Å². The molecular weight excluding hydrogens is 318 g/mol. The van der Waals surface area contributed by atoms with E-state index in [1.54, 1.807) is 0 Å². The van der Waals surface area contributed by atoms with Gasteiger partial charge in [-0.2, -0.15) is 0 Å². The van der Waals surface area contributed by atoms with Crippen LogP contribution in [-0.4, -0.2) is 19.4 Å². The zero-order valence-corrected chi connectivity index (χ0v) is 12.8. The van der Waals surface area contributed by atoms with E-state index in [2.05, 4.69) is 44.7 Å². The van der Waals surface area contributed by atoms with Crippen LogP contribution < -0.4 is 5.73 Å². The van der Waals surface area contributed by atoms with Gasteiger partial charge in [0.15, 0.2) is 5.82 Å². The number of hydrogen-bond acceptors (Lipinski definition) is 4. The summed E-state index contributed by atoms with van der Waals surface area (Å²) in [5.74, 6) is 1.25. The third kappa shape index (κ3) is 2.16. The van der Waals surface area contributed by atoms with Crippen molar-refractivity contribution in [2.45, 2.75) is 19.8 Å². The molecule has 3 rings (SSSR count). The lowest BCUT2D eigenvalue weighted by molar-refractivity contribution is 0.810. The molecular formula is C14H14BrN5. The van der Waals surface area contributed by atoms with Gasteiger partial charge in [-0.3, -0.25) is 0 Å². The van der Waals surface area contributed by atoms with Crippen molar-refractivity contribution in [3.05, 3.63) is 40.8 Å². The average molecular weight is 332 g/mol. The average Bonchev–Trinajstić information content (AvgIpc) is 2.85. The second-order valence-corrected chi connectivity index (χ2v) is 5.67. The molecule has 0 aliphatic rings. The zero-order valence-electron chi connectivity index (χ0n) is 11.2. The topological polar surface area (TPSA) is 69.1 Å². The van der Waals surface area contributed by atoms with Crippen LogP contribution in [-0.2, 0) is 0 Å². The third-order valence-electron chi connectivity index (χ3n) is 3.04. The normalized spacial score (nSPS) is 11.4. The Labute approximate surface area is 125 Å². The molecule has 2 N–H and O–H groups in total. The standard InChI is InChI=1S/C14H14BrN5/c1-8(2)12-11(15)13(16)19-14(18-12)9-7-20-6-4-3-5-10(20)17-9/h3-8H,1-2H3,(H2,16,18,19). The Hall–Kier alpha value is -1.95. The highest BCUT2D eigenvalue weighted by Gasteiger charge is 2.15. The van der Waals surface area contributed by atoms with Crippen molar-refractivity contribution in [3.8, 4) is 11.5 Å². The van der Waals surface area contributed by atoms with E-state index in [9.17, 15) is 0 Å². The van der Waals surface area contributed by atoms with E-state index in [0.717, 1.165) is 21.5 Å². The fraction of sp³-hybridized carbons (Fsp3) is 0.214. The first-order chi connectivity index (χ1) is 9.56. The van der Waals surface area contributed by atoms with E-state index in [1.807, 2.05) is 35.0 Å². The van der Waals surface area contributed by atoms with Gasteiger partial charge in [-0.05, 0) is 34.0 Å². The molecule has 0 amide bonds. The van der Waals surface area contributed by atoms with Crippen LogP contribution in [0, 0.1) is 0 Å². The van der Waals surface area contributed by atoms with Gasteiger partial charge in [0.1, 0.15) is 17.2 Å². The molecule has 102 valence electrons. The van der Waals surface area contributed by atoms with Crippen molar-refractivity contribution in [2.24, 2.45) is 0 Å². The van der Waals surface area contributed by atoms with E-state index in [-0.39, 0.29) is 5.92 Å². The number of fused-ring (bicyclic) bond motifs is 1. The minimum absolute atomic E-state index is 0.255. The second-order valence-electron chi connectivity index (χ2n) is 4.88. The first-order valence-electron chi connectivity index (χ1n) is 6.33. The lowest BCUT2D eigenvalue weighted by Gasteiger charge is -2.10. The molecule has 3 aromatic heterocycles. The summed E-state index contributed by atoms with van der Waals surface area (Å²) in [6, 6.07) is 5.84. The summed E-state index contributed by atoms with van der Waals surface area (Å²) in [6.07, 6.45) is 3.85. The van der Waals surface area contributed by atoms with Crippen molar-refractivity contribution in [3.63, 3.8) is 0 Å². The third-order valence-corrected chi connectivity index (χ3v) is 3.85. The van der Waals surface area contributed by atoms with Gasteiger partial charge in [-0.25, -0.2) is 15.0 Å². The summed E-state index contributed by atoms with van der Waals surface area (Å²) in [5.41, 5.74) is 8.43. The van der Waals surface area contributed by atoms with E-state index >= 15 is 0 Å². The maximum Gasteiger partial charge on any atom is 0.182 e. The Morgan fingerprint density at radius 2 is 2.00 bits per heavy atom. The minimum atomic E-state index is 0.255. The molecule has 6 heteroatoms. The Morgan fingerprint density at radius 3 is 2.70 bits per heavy atom. The Balaban J connectivity index is 2.18. The first kappa shape index (κ1) is 13.1. The van der Waals surface area contributed by atoms with Crippen molar-refractivity contribution in [2.75, 3.05) is 5.73 Å². The number of anilines is 1. The van der Waals surface area contributed by atoms with Gasteiger partial charge in [0.2, 0.25) is 0 Å². The van der Waals surface area contributed by atoms with Gasteiger partial charge >= 0.3 is 0 Å². The van der Waals surface area contributed by atoms with Crippen molar-refractivity contribution in [1.82, 2.24) is 19.4 Å². The summed E-state index contributed by atoms with van der Waals surface area (Å²) in [4.78, 5) is 13.4. The van der Waals surface area contributed by atoms with Crippen LogP contribution >= 0.6 is 15.9 Å². The maximum atomic E-state index is 5.96. The van der Waals surface area contributed by atoms with E-state index in [0.29, 0.717) is 11.6 Å². The molecule has 3 heterocycles. The summed E-state index contributed by atoms with van der Waals surface area (Å²) in [6.45, 7) is 4.14. The molecule has 0 aliphatic carbocycles. The SMILES string of the molecule is CC(C)c1nc(-c2cn3ccccc3n2)nc(N)c1Br. The summed E-state index contributed by atoms with van der Waals surface area (Å²) < 4.78 is 2.70.